The molecule has 1 rings (SSSR count). The maximum atomic E-state index is 11.9. The number of pyridine rings is 1. The standard InChI is InChI=1S/C11H15N3O2/c1-3-14(4-2)11(16)9-7-5-6-8(13-9)10(12)15/h5-7H,3-4H2,1-2H3,(H2,12,15). The van der Waals surface area contributed by atoms with Crippen LogP contribution in [-0.4, -0.2) is 34.8 Å². The molecule has 1 aromatic heterocycles. The Bertz CT molecular complexity index is 400. The number of nitrogens with two attached hydrogens (primary N) is 1. The molecule has 0 aliphatic carbocycles. The lowest BCUT2D eigenvalue weighted by Gasteiger charge is -2.17. The monoisotopic (exact) mass is 221 g/mol. The van der Waals surface area contributed by atoms with Crippen LogP contribution in [0.4, 0.5) is 0 Å². The van der Waals surface area contributed by atoms with Crippen LogP contribution in [0.15, 0.2) is 18.2 Å². The van der Waals surface area contributed by atoms with Gasteiger partial charge in [-0.15, -0.1) is 0 Å². The van der Waals surface area contributed by atoms with Gasteiger partial charge in [0.25, 0.3) is 11.8 Å². The molecule has 0 saturated heterocycles. The van der Waals surface area contributed by atoms with E-state index in [1.54, 1.807) is 17.0 Å². The number of hydrogen-bond acceptors (Lipinski definition) is 3. The second-order valence-electron chi connectivity index (χ2n) is 3.25. The molecule has 0 spiro atoms. The van der Waals surface area contributed by atoms with Gasteiger partial charge in [0.05, 0.1) is 0 Å². The summed E-state index contributed by atoms with van der Waals surface area (Å²) < 4.78 is 0. The Morgan fingerprint density at radius 2 is 1.81 bits per heavy atom. The summed E-state index contributed by atoms with van der Waals surface area (Å²) in [5, 5.41) is 0. The first-order valence-corrected chi connectivity index (χ1v) is 5.16. The van der Waals surface area contributed by atoms with Crippen molar-refractivity contribution in [3.63, 3.8) is 0 Å². The summed E-state index contributed by atoms with van der Waals surface area (Å²) in [5.41, 5.74) is 5.46. The van der Waals surface area contributed by atoms with Gasteiger partial charge in [-0.25, -0.2) is 4.98 Å². The molecule has 16 heavy (non-hydrogen) atoms. The largest absolute Gasteiger partial charge is 0.364 e. The Morgan fingerprint density at radius 1 is 1.25 bits per heavy atom. The Morgan fingerprint density at radius 3 is 2.31 bits per heavy atom. The van der Waals surface area contributed by atoms with E-state index in [1.807, 2.05) is 13.8 Å². The molecule has 2 amide bonds. The number of aromatic nitrogens is 1. The normalized spacial score (nSPS) is 9.88. The SMILES string of the molecule is CCN(CC)C(=O)c1cccc(C(N)=O)n1. The molecule has 2 N–H and O–H groups in total. The van der Waals surface area contributed by atoms with Gasteiger partial charge in [0, 0.05) is 13.1 Å². The van der Waals surface area contributed by atoms with E-state index in [4.69, 9.17) is 5.73 Å². The zero-order valence-electron chi connectivity index (χ0n) is 9.43. The molecule has 0 atom stereocenters. The van der Waals surface area contributed by atoms with E-state index in [1.165, 1.54) is 6.07 Å². The summed E-state index contributed by atoms with van der Waals surface area (Å²) in [4.78, 5) is 28.4. The summed E-state index contributed by atoms with van der Waals surface area (Å²) in [5.74, 6) is -0.817. The van der Waals surface area contributed by atoms with Crippen LogP contribution in [0.1, 0.15) is 34.8 Å². The van der Waals surface area contributed by atoms with Crippen molar-refractivity contribution in [2.75, 3.05) is 13.1 Å². The lowest BCUT2D eigenvalue weighted by Crippen LogP contribution is -2.31. The Balaban J connectivity index is 3.00. The summed E-state index contributed by atoms with van der Waals surface area (Å²) in [6.45, 7) is 4.99. The van der Waals surface area contributed by atoms with Crippen LogP contribution in [0.25, 0.3) is 0 Å². The number of nitrogens with zero attached hydrogens (tertiary/aromatic N) is 2. The third kappa shape index (κ3) is 2.56. The van der Waals surface area contributed by atoms with E-state index >= 15 is 0 Å². The third-order valence-electron chi connectivity index (χ3n) is 2.27. The van der Waals surface area contributed by atoms with Crippen molar-refractivity contribution in [1.82, 2.24) is 9.88 Å². The van der Waals surface area contributed by atoms with Crippen LogP contribution < -0.4 is 5.73 Å². The first kappa shape index (κ1) is 12.2. The highest BCUT2D eigenvalue weighted by molar-refractivity contribution is 5.95. The predicted octanol–water partition coefficient (Wildman–Crippen LogP) is 0.662. The van der Waals surface area contributed by atoms with Crippen molar-refractivity contribution in [2.24, 2.45) is 5.73 Å². The molecule has 0 aliphatic heterocycles. The second-order valence-corrected chi connectivity index (χ2v) is 3.25. The third-order valence-corrected chi connectivity index (χ3v) is 2.27. The smallest absolute Gasteiger partial charge is 0.272 e. The van der Waals surface area contributed by atoms with Crippen molar-refractivity contribution >= 4 is 11.8 Å². The molecule has 0 unspecified atom stereocenters. The van der Waals surface area contributed by atoms with Crippen molar-refractivity contribution in [1.29, 1.82) is 0 Å². The lowest BCUT2D eigenvalue weighted by atomic mass is 10.2. The Hall–Kier alpha value is -1.91. The number of carbonyl (C=O) groups is 2. The number of carbonyl (C=O) groups excluding carboxylic acids is 2. The van der Waals surface area contributed by atoms with E-state index in [-0.39, 0.29) is 17.3 Å². The van der Waals surface area contributed by atoms with Crippen LogP contribution in [0.5, 0.6) is 0 Å². The van der Waals surface area contributed by atoms with Gasteiger partial charge in [0.15, 0.2) is 0 Å². The average Bonchev–Trinajstić information content (AvgIpc) is 2.30. The zero-order chi connectivity index (χ0) is 12.1. The molecule has 0 aliphatic rings. The van der Waals surface area contributed by atoms with E-state index in [0.717, 1.165) is 0 Å². The molecular formula is C11H15N3O2. The molecule has 0 radical (unpaired) electrons. The van der Waals surface area contributed by atoms with Crippen molar-refractivity contribution in [3.8, 4) is 0 Å². The summed E-state index contributed by atoms with van der Waals surface area (Å²) >= 11 is 0. The summed E-state index contributed by atoms with van der Waals surface area (Å²) in [6, 6.07) is 4.66. The van der Waals surface area contributed by atoms with Crippen LogP contribution in [0.2, 0.25) is 0 Å². The fourth-order valence-electron chi connectivity index (χ4n) is 1.36. The lowest BCUT2D eigenvalue weighted by molar-refractivity contribution is 0.0767. The highest BCUT2D eigenvalue weighted by Crippen LogP contribution is 2.03. The Kier molecular flexibility index (Phi) is 3.99. The Labute approximate surface area is 94.3 Å². The summed E-state index contributed by atoms with van der Waals surface area (Å²) in [6.07, 6.45) is 0. The molecule has 1 heterocycles. The molecule has 5 nitrogen and oxygen atoms in total. The number of primary amides is 1. The van der Waals surface area contributed by atoms with Gasteiger partial charge >= 0.3 is 0 Å². The fourth-order valence-corrected chi connectivity index (χ4v) is 1.36. The molecule has 86 valence electrons. The number of amides is 2. The fraction of sp³-hybridized carbons (Fsp3) is 0.364. The molecule has 0 fully saturated rings. The van der Waals surface area contributed by atoms with Gasteiger partial charge in [-0.3, -0.25) is 9.59 Å². The van der Waals surface area contributed by atoms with E-state index in [2.05, 4.69) is 4.98 Å². The van der Waals surface area contributed by atoms with Crippen LogP contribution in [0, 0.1) is 0 Å². The quantitative estimate of drug-likeness (QED) is 0.811. The predicted molar refractivity (Wildman–Crippen MR) is 60.0 cm³/mol. The van der Waals surface area contributed by atoms with E-state index in [0.29, 0.717) is 13.1 Å². The molecule has 1 aromatic rings. The van der Waals surface area contributed by atoms with Crippen LogP contribution >= 0.6 is 0 Å². The minimum atomic E-state index is -0.630. The van der Waals surface area contributed by atoms with Gasteiger partial charge in [0.1, 0.15) is 11.4 Å². The molecule has 0 aromatic carbocycles. The maximum Gasteiger partial charge on any atom is 0.272 e. The van der Waals surface area contributed by atoms with Gasteiger partial charge in [0.2, 0.25) is 0 Å². The minimum absolute atomic E-state index is 0.109. The first-order valence-electron chi connectivity index (χ1n) is 5.16. The zero-order valence-corrected chi connectivity index (χ0v) is 9.43. The van der Waals surface area contributed by atoms with Gasteiger partial charge in [-0.1, -0.05) is 6.07 Å². The van der Waals surface area contributed by atoms with Gasteiger partial charge in [-0.2, -0.15) is 0 Å². The summed E-state index contributed by atoms with van der Waals surface area (Å²) in [7, 11) is 0. The van der Waals surface area contributed by atoms with Crippen molar-refractivity contribution < 1.29 is 9.59 Å². The van der Waals surface area contributed by atoms with Crippen molar-refractivity contribution in [3.05, 3.63) is 29.6 Å². The maximum absolute atomic E-state index is 11.9. The molecule has 0 saturated carbocycles. The van der Waals surface area contributed by atoms with E-state index < -0.39 is 5.91 Å². The number of hydrogen-bond donors (Lipinski definition) is 1. The highest BCUT2D eigenvalue weighted by Gasteiger charge is 2.14. The van der Waals surface area contributed by atoms with Crippen LogP contribution in [-0.2, 0) is 0 Å². The second kappa shape index (κ2) is 5.25. The molecule has 5 heteroatoms. The minimum Gasteiger partial charge on any atom is -0.364 e. The molecule has 0 bridgehead atoms. The topological polar surface area (TPSA) is 76.3 Å². The highest BCUT2D eigenvalue weighted by atomic mass is 16.2. The molecular weight excluding hydrogens is 206 g/mol. The van der Waals surface area contributed by atoms with Crippen LogP contribution in [0.3, 0.4) is 0 Å². The van der Waals surface area contributed by atoms with Gasteiger partial charge in [-0.05, 0) is 26.0 Å². The average molecular weight is 221 g/mol. The van der Waals surface area contributed by atoms with E-state index in [9.17, 15) is 9.59 Å². The first-order chi connectivity index (χ1) is 7.60. The van der Waals surface area contributed by atoms with Crippen molar-refractivity contribution in [2.45, 2.75) is 13.8 Å². The van der Waals surface area contributed by atoms with Gasteiger partial charge < -0.3 is 10.6 Å². The number of rotatable bonds is 4.